The number of hydrogen-bond donors (Lipinski definition) is 1. The van der Waals surface area contributed by atoms with Gasteiger partial charge in [-0.25, -0.2) is 0 Å². The lowest BCUT2D eigenvalue weighted by molar-refractivity contribution is -0.133. The van der Waals surface area contributed by atoms with Gasteiger partial charge >= 0.3 is 0 Å². The monoisotopic (exact) mass is 274 g/mol. The van der Waals surface area contributed by atoms with Gasteiger partial charge in [-0.3, -0.25) is 9.59 Å². The third-order valence-electron chi connectivity index (χ3n) is 3.86. The SMILES string of the molecule is Cc1ccc(C(=O)NCCN2CCCCC2=O)cc1C. The Balaban J connectivity index is 1.82. The van der Waals surface area contributed by atoms with Crippen molar-refractivity contribution >= 4 is 11.8 Å². The van der Waals surface area contributed by atoms with Gasteiger partial charge < -0.3 is 10.2 Å². The fraction of sp³-hybridized carbons (Fsp3) is 0.500. The summed E-state index contributed by atoms with van der Waals surface area (Å²) in [5, 5.41) is 2.88. The first kappa shape index (κ1) is 14.6. The van der Waals surface area contributed by atoms with Crippen molar-refractivity contribution in [3.8, 4) is 0 Å². The van der Waals surface area contributed by atoms with Crippen molar-refractivity contribution in [2.24, 2.45) is 0 Å². The van der Waals surface area contributed by atoms with Crippen LogP contribution in [0, 0.1) is 13.8 Å². The number of amides is 2. The summed E-state index contributed by atoms with van der Waals surface area (Å²) in [4.78, 5) is 25.5. The van der Waals surface area contributed by atoms with Crippen molar-refractivity contribution in [2.45, 2.75) is 33.1 Å². The van der Waals surface area contributed by atoms with E-state index in [-0.39, 0.29) is 11.8 Å². The molecule has 0 aliphatic carbocycles. The van der Waals surface area contributed by atoms with Gasteiger partial charge in [-0.05, 0) is 49.9 Å². The highest BCUT2D eigenvalue weighted by molar-refractivity contribution is 5.94. The van der Waals surface area contributed by atoms with Crippen molar-refractivity contribution < 1.29 is 9.59 Å². The summed E-state index contributed by atoms with van der Waals surface area (Å²) in [5.74, 6) is 0.134. The molecule has 4 heteroatoms. The first-order valence-electron chi connectivity index (χ1n) is 7.21. The van der Waals surface area contributed by atoms with E-state index in [9.17, 15) is 9.59 Å². The molecule has 1 aromatic rings. The number of carbonyl (C=O) groups is 2. The Bertz CT molecular complexity index is 511. The topological polar surface area (TPSA) is 49.4 Å². The second-order valence-corrected chi connectivity index (χ2v) is 5.39. The van der Waals surface area contributed by atoms with E-state index in [4.69, 9.17) is 0 Å². The Morgan fingerprint density at radius 2 is 2.05 bits per heavy atom. The second kappa shape index (κ2) is 6.55. The number of carbonyl (C=O) groups excluding carboxylic acids is 2. The van der Waals surface area contributed by atoms with Crippen LogP contribution in [0.4, 0.5) is 0 Å². The highest BCUT2D eigenvalue weighted by atomic mass is 16.2. The molecule has 0 unspecified atom stereocenters. The number of benzene rings is 1. The van der Waals surface area contributed by atoms with Gasteiger partial charge in [0.05, 0.1) is 0 Å². The van der Waals surface area contributed by atoms with Crippen LogP contribution in [0.2, 0.25) is 0 Å². The van der Waals surface area contributed by atoms with E-state index in [0.29, 0.717) is 25.1 Å². The fourth-order valence-electron chi connectivity index (χ4n) is 2.39. The van der Waals surface area contributed by atoms with Crippen molar-refractivity contribution in [3.05, 3.63) is 34.9 Å². The van der Waals surface area contributed by atoms with E-state index in [1.165, 1.54) is 5.56 Å². The lowest BCUT2D eigenvalue weighted by atomic mass is 10.1. The molecule has 1 aromatic carbocycles. The predicted molar refractivity (Wildman–Crippen MR) is 78.7 cm³/mol. The molecule has 20 heavy (non-hydrogen) atoms. The maximum Gasteiger partial charge on any atom is 0.251 e. The first-order chi connectivity index (χ1) is 9.58. The average Bonchev–Trinajstić information content (AvgIpc) is 2.44. The summed E-state index contributed by atoms with van der Waals surface area (Å²) >= 11 is 0. The van der Waals surface area contributed by atoms with Crippen LogP contribution in [0.1, 0.15) is 40.7 Å². The highest BCUT2D eigenvalue weighted by Crippen LogP contribution is 2.10. The van der Waals surface area contributed by atoms with E-state index < -0.39 is 0 Å². The smallest absolute Gasteiger partial charge is 0.251 e. The molecular weight excluding hydrogens is 252 g/mol. The van der Waals surface area contributed by atoms with E-state index in [1.54, 1.807) is 0 Å². The van der Waals surface area contributed by atoms with Crippen molar-refractivity contribution in [1.82, 2.24) is 10.2 Å². The van der Waals surface area contributed by atoms with Gasteiger partial charge in [-0.2, -0.15) is 0 Å². The largest absolute Gasteiger partial charge is 0.350 e. The zero-order valence-corrected chi connectivity index (χ0v) is 12.2. The number of nitrogens with zero attached hydrogens (tertiary/aromatic N) is 1. The summed E-state index contributed by atoms with van der Waals surface area (Å²) in [6.07, 6.45) is 2.70. The van der Waals surface area contributed by atoms with Gasteiger partial charge in [0.25, 0.3) is 5.91 Å². The van der Waals surface area contributed by atoms with E-state index in [0.717, 1.165) is 24.9 Å². The summed E-state index contributed by atoms with van der Waals surface area (Å²) in [7, 11) is 0. The Kier molecular flexibility index (Phi) is 4.77. The van der Waals surface area contributed by atoms with E-state index >= 15 is 0 Å². The Morgan fingerprint density at radius 3 is 2.75 bits per heavy atom. The fourth-order valence-corrected chi connectivity index (χ4v) is 2.39. The molecule has 0 saturated carbocycles. The van der Waals surface area contributed by atoms with Crippen molar-refractivity contribution in [2.75, 3.05) is 19.6 Å². The average molecular weight is 274 g/mol. The third-order valence-corrected chi connectivity index (χ3v) is 3.86. The van der Waals surface area contributed by atoms with Crippen LogP contribution in [0.25, 0.3) is 0 Å². The van der Waals surface area contributed by atoms with Crippen LogP contribution in [0.3, 0.4) is 0 Å². The molecule has 1 fully saturated rings. The van der Waals surface area contributed by atoms with Gasteiger partial charge in [0.2, 0.25) is 5.91 Å². The molecular formula is C16H22N2O2. The van der Waals surface area contributed by atoms with Gasteiger partial charge in [0.1, 0.15) is 0 Å². The maximum atomic E-state index is 12.0. The molecule has 0 spiro atoms. The summed E-state index contributed by atoms with van der Waals surface area (Å²) in [6.45, 7) is 5.96. The zero-order valence-electron chi connectivity index (χ0n) is 12.2. The van der Waals surface area contributed by atoms with Crippen LogP contribution < -0.4 is 5.32 Å². The molecule has 0 radical (unpaired) electrons. The van der Waals surface area contributed by atoms with Crippen LogP contribution in [0.5, 0.6) is 0 Å². The van der Waals surface area contributed by atoms with Gasteiger partial charge in [-0.1, -0.05) is 6.07 Å². The molecule has 1 saturated heterocycles. The number of hydrogen-bond acceptors (Lipinski definition) is 2. The number of piperidine rings is 1. The summed E-state index contributed by atoms with van der Waals surface area (Å²) in [5.41, 5.74) is 2.97. The minimum Gasteiger partial charge on any atom is -0.350 e. The third kappa shape index (κ3) is 3.59. The lowest BCUT2D eigenvalue weighted by Gasteiger charge is -2.26. The summed E-state index contributed by atoms with van der Waals surface area (Å²) < 4.78 is 0. The number of rotatable bonds is 4. The van der Waals surface area contributed by atoms with Crippen molar-refractivity contribution in [1.29, 1.82) is 0 Å². The normalized spacial score (nSPS) is 15.3. The Morgan fingerprint density at radius 1 is 1.25 bits per heavy atom. The van der Waals surface area contributed by atoms with E-state index in [1.807, 2.05) is 36.9 Å². The molecule has 1 aliphatic rings. The maximum absolute atomic E-state index is 12.0. The van der Waals surface area contributed by atoms with Crippen LogP contribution in [0.15, 0.2) is 18.2 Å². The van der Waals surface area contributed by atoms with Crippen molar-refractivity contribution in [3.63, 3.8) is 0 Å². The predicted octanol–water partition coefficient (Wildman–Crippen LogP) is 2.05. The molecule has 1 heterocycles. The van der Waals surface area contributed by atoms with Crippen LogP contribution >= 0.6 is 0 Å². The molecule has 4 nitrogen and oxygen atoms in total. The molecule has 0 bridgehead atoms. The lowest BCUT2D eigenvalue weighted by Crippen LogP contribution is -2.41. The molecule has 1 aliphatic heterocycles. The van der Waals surface area contributed by atoms with Crippen LogP contribution in [-0.4, -0.2) is 36.3 Å². The number of likely N-dealkylation sites (tertiary alicyclic amines) is 1. The molecule has 108 valence electrons. The van der Waals surface area contributed by atoms with Gasteiger partial charge in [-0.15, -0.1) is 0 Å². The Labute approximate surface area is 120 Å². The standard InChI is InChI=1S/C16H22N2O2/c1-12-6-7-14(11-13(12)2)16(20)17-8-10-18-9-4-3-5-15(18)19/h6-7,11H,3-5,8-10H2,1-2H3,(H,17,20). The Hall–Kier alpha value is -1.84. The highest BCUT2D eigenvalue weighted by Gasteiger charge is 2.17. The number of nitrogens with one attached hydrogen (secondary N) is 1. The quantitative estimate of drug-likeness (QED) is 0.913. The molecule has 0 aromatic heterocycles. The molecule has 2 amide bonds. The van der Waals surface area contributed by atoms with Crippen LogP contribution in [-0.2, 0) is 4.79 Å². The molecule has 1 N–H and O–H groups in total. The zero-order chi connectivity index (χ0) is 14.5. The molecule has 0 atom stereocenters. The minimum atomic E-state index is -0.0717. The second-order valence-electron chi connectivity index (χ2n) is 5.39. The van der Waals surface area contributed by atoms with Gasteiger partial charge in [0.15, 0.2) is 0 Å². The van der Waals surface area contributed by atoms with E-state index in [2.05, 4.69) is 5.32 Å². The number of aryl methyl sites for hydroxylation is 2. The summed E-state index contributed by atoms with van der Waals surface area (Å²) in [6, 6.07) is 5.69. The molecule has 2 rings (SSSR count). The first-order valence-corrected chi connectivity index (χ1v) is 7.21. The van der Waals surface area contributed by atoms with Gasteiger partial charge in [0, 0.05) is 31.6 Å². The minimum absolute atomic E-state index is 0.0717.